The first-order valence-electron chi connectivity index (χ1n) is 6.23. The third kappa shape index (κ3) is 2.63. The minimum Gasteiger partial charge on any atom is -0.382 e. The van der Waals surface area contributed by atoms with Gasteiger partial charge in [-0.2, -0.15) is 0 Å². The van der Waals surface area contributed by atoms with E-state index in [9.17, 15) is 0 Å². The fourth-order valence-electron chi connectivity index (χ4n) is 2.10. The van der Waals surface area contributed by atoms with Gasteiger partial charge in [0.15, 0.2) is 0 Å². The van der Waals surface area contributed by atoms with E-state index in [1.807, 2.05) is 42.7 Å². The molecule has 0 aliphatic carbocycles. The van der Waals surface area contributed by atoms with Gasteiger partial charge < -0.3 is 9.88 Å². The minimum absolute atomic E-state index is 0.864. The first kappa shape index (κ1) is 12.2. The van der Waals surface area contributed by atoms with E-state index in [1.54, 1.807) is 0 Å². The van der Waals surface area contributed by atoms with E-state index in [1.165, 1.54) is 5.52 Å². The highest BCUT2D eigenvalue weighted by Gasteiger charge is 2.01. The van der Waals surface area contributed by atoms with Crippen LogP contribution in [0.4, 0.5) is 5.69 Å². The van der Waals surface area contributed by atoms with Crippen LogP contribution in [0.3, 0.4) is 0 Å². The molecule has 3 nitrogen and oxygen atoms in total. The summed E-state index contributed by atoms with van der Waals surface area (Å²) in [6, 6.07) is 16.3. The van der Waals surface area contributed by atoms with Gasteiger partial charge in [-0.1, -0.05) is 24.3 Å². The molecule has 19 heavy (non-hydrogen) atoms. The van der Waals surface area contributed by atoms with Crippen molar-refractivity contribution in [3.8, 4) is 0 Å². The maximum Gasteiger partial charge on any atom is 0.0958 e. The third-order valence-electron chi connectivity index (χ3n) is 3.07. The van der Waals surface area contributed by atoms with Gasteiger partial charge in [-0.05, 0) is 40.2 Å². The SMILES string of the molecule is Brc1ccccc1NCCn1cnc2ccccc21. The fourth-order valence-corrected chi connectivity index (χ4v) is 2.53. The van der Waals surface area contributed by atoms with E-state index in [-0.39, 0.29) is 0 Å². The molecule has 0 radical (unpaired) electrons. The van der Waals surface area contributed by atoms with E-state index in [0.29, 0.717) is 0 Å². The molecule has 1 N–H and O–H groups in total. The summed E-state index contributed by atoms with van der Waals surface area (Å²) >= 11 is 3.53. The number of rotatable bonds is 4. The standard InChI is InChI=1S/C15H14BrN3/c16-12-5-1-2-6-13(12)17-9-10-19-11-18-14-7-3-4-8-15(14)19/h1-8,11,17H,9-10H2. The molecule has 0 unspecified atom stereocenters. The first-order chi connectivity index (χ1) is 9.34. The van der Waals surface area contributed by atoms with Gasteiger partial charge in [-0.25, -0.2) is 4.98 Å². The van der Waals surface area contributed by atoms with Crippen LogP contribution >= 0.6 is 15.9 Å². The molecule has 0 saturated carbocycles. The molecule has 0 fully saturated rings. The van der Waals surface area contributed by atoms with Gasteiger partial charge in [0.05, 0.1) is 17.4 Å². The Hall–Kier alpha value is -1.81. The summed E-state index contributed by atoms with van der Waals surface area (Å²) < 4.78 is 3.25. The zero-order valence-electron chi connectivity index (χ0n) is 10.4. The number of hydrogen-bond donors (Lipinski definition) is 1. The molecule has 0 bridgehead atoms. The van der Waals surface area contributed by atoms with E-state index in [2.05, 4.69) is 42.9 Å². The monoisotopic (exact) mass is 315 g/mol. The highest BCUT2D eigenvalue weighted by Crippen LogP contribution is 2.21. The van der Waals surface area contributed by atoms with Crippen molar-refractivity contribution >= 4 is 32.7 Å². The van der Waals surface area contributed by atoms with Crippen molar-refractivity contribution in [3.63, 3.8) is 0 Å². The molecular weight excluding hydrogens is 302 g/mol. The maximum absolute atomic E-state index is 4.39. The van der Waals surface area contributed by atoms with Crippen LogP contribution in [0.1, 0.15) is 0 Å². The molecule has 4 heteroatoms. The predicted molar refractivity (Wildman–Crippen MR) is 82.4 cm³/mol. The van der Waals surface area contributed by atoms with Crippen LogP contribution in [0.2, 0.25) is 0 Å². The van der Waals surface area contributed by atoms with Crippen LogP contribution in [0.15, 0.2) is 59.3 Å². The second kappa shape index (κ2) is 5.45. The molecule has 0 saturated heterocycles. The Bertz CT molecular complexity index is 690. The highest BCUT2D eigenvalue weighted by molar-refractivity contribution is 9.10. The zero-order chi connectivity index (χ0) is 13.1. The number of fused-ring (bicyclic) bond motifs is 1. The molecule has 0 atom stereocenters. The first-order valence-corrected chi connectivity index (χ1v) is 7.02. The number of hydrogen-bond acceptors (Lipinski definition) is 2. The van der Waals surface area contributed by atoms with Gasteiger partial charge in [0, 0.05) is 23.2 Å². The number of benzene rings is 2. The Kier molecular flexibility index (Phi) is 3.51. The summed E-state index contributed by atoms with van der Waals surface area (Å²) in [6.07, 6.45) is 1.90. The van der Waals surface area contributed by atoms with Crippen LogP contribution in [-0.4, -0.2) is 16.1 Å². The Morgan fingerprint density at radius 3 is 2.74 bits per heavy atom. The topological polar surface area (TPSA) is 29.9 Å². The molecule has 0 spiro atoms. The van der Waals surface area contributed by atoms with E-state index < -0.39 is 0 Å². The van der Waals surface area contributed by atoms with Crippen molar-refractivity contribution in [1.29, 1.82) is 0 Å². The average Bonchev–Trinajstić information content (AvgIpc) is 2.85. The second-order valence-corrected chi connectivity index (χ2v) is 5.19. The Labute approximate surface area is 120 Å². The quantitative estimate of drug-likeness (QED) is 0.791. The van der Waals surface area contributed by atoms with Crippen molar-refractivity contribution in [1.82, 2.24) is 9.55 Å². The second-order valence-electron chi connectivity index (χ2n) is 4.33. The molecule has 2 aromatic carbocycles. The lowest BCUT2D eigenvalue weighted by molar-refractivity contribution is 0.748. The van der Waals surface area contributed by atoms with Gasteiger partial charge in [0.25, 0.3) is 0 Å². The predicted octanol–water partition coefficient (Wildman–Crippen LogP) is 3.91. The summed E-state index contributed by atoms with van der Waals surface area (Å²) in [5.41, 5.74) is 3.34. The lowest BCUT2D eigenvalue weighted by atomic mass is 10.3. The summed E-state index contributed by atoms with van der Waals surface area (Å²) in [6.45, 7) is 1.75. The van der Waals surface area contributed by atoms with Crippen molar-refractivity contribution in [2.45, 2.75) is 6.54 Å². The summed E-state index contributed by atoms with van der Waals surface area (Å²) in [5.74, 6) is 0. The Balaban J connectivity index is 1.68. The lowest BCUT2D eigenvalue weighted by Gasteiger charge is -2.09. The largest absolute Gasteiger partial charge is 0.382 e. The van der Waals surface area contributed by atoms with Gasteiger partial charge in [0.2, 0.25) is 0 Å². The third-order valence-corrected chi connectivity index (χ3v) is 3.76. The van der Waals surface area contributed by atoms with Crippen LogP contribution < -0.4 is 5.32 Å². The van der Waals surface area contributed by atoms with Crippen molar-refractivity contribution in [3.05, 3.63) is 59.3 Å². The van der Waals surface area contributed by atoms with E-state index >= 15 is 0 Å². The van der Waals surface area contributed by atoms with Gasteiger partial charge in [0.1, 0.15) is 0 Å². The summed E-state index contributed by atoms with van der Waals surface area (Å²) in [5, 5.41) is 3.42. The van der Waals surface area contributed by atoms with Gasteiger partial charge >= 0.3 is 0 Å². The molecule has 0 aliphatic heterocycles. The molecule has 96 valence electrons. The van der Waals surface area contributed by atoms with Crippen molar-refractivity contribution in [2.75, 3.05) is 11.9 Å². The number of anilines is 1. The Morgan fingerprint density at radius 2 is 1.84 bits per heavy atom. The molecule has 0 aliphatic rings. The molecule has 0 amide bonds. The van der Waals surface area contributed by atoms with Gasteiger partial charge in [-0.15, -0.1) is 0 Å². The normalized spacial score (nSPS) is 10.8. The number of nitrogens with zero attached hydrogens (tertiary/aromatic N) is 2. The summed E-state index contributed by atoms with van der Waals surface area (Å²) in [4.78, 5) is 4.39. The molecule has 3 aromatic rings. The van der Waals surface area contributed by atoms with E-state index in [0.717, 1.165) is 28.8 Å². The van der Waals surface area contributed by atoms with Crippen molar-refractivity contribution in [2.24, 2.45) is 0 Å². The molecular formula is C15H14BrN3. The Morgan fingerprint density at radius 1 is 1.05 bits per heavy atom. The smallest absolute Gasteiger partial charge is 0.0958 e. The number of nitrogens with one attached hydrogen (secondary N) is 1. The van der Waals surface area contributed by atoms with Gasteiger partial charge in [-0.3, -0.25) is 0 Å². The maximum atomic E-state index is 4.39. The van der Waals surface area contributed by atoms with Crippen molar-refractivity contribution < 1.29 is 0 Å². The number of imidazole rings is 1. The summed E-state index contributed by atoms with van der Waals surface area (Å²) in [7, 11) is 0. The van der Waals surface area contributed by atoms with E-state index in [4.69, 9.17) is 0 Å². The minimum atomic E-state index is 0.864. The van der Waals surface area contributed by atoms with Crippen LogP contribution in [-0.2, 0) is 6.54 Å². The highest BCUT2D eigenvalue weighted by atomic mass is 79.9. The lowest BCUT2D eigenvalue weighted by Crippen LogP contribution is -2.09. The zero-order valence-corrected chi connectivity index (χ0v) is 12.0. The molecule has 3 rings (SSSR count). The molecule has 1 heterocycles. The number of halogens is 1. The van der Waals surface area contributed by atoms with Crippen LogP contribution in [0.5, 0.6) is 0 Å². The average molecular weight is 316 g/mol. The number of aromatic nitrogens is 2. The number of para-hydroxylation sites is 3. The van der Waals surface area contributed by atoms with Crippen LogP contribution in [0, 0.1) is 0 Å². The van der Waals surface area contributed by atoms with Crippen LogP contribution in [0.25, 0.3) is 11.0 Å². The molecule has 1 aromatic heterocycles. The fraction of sp³-hybridized carbons (Fsp3) is 0.133.